The Labute approximate surface area is 107 Å². The van der Waals surface area contributed by atoms with Crippen molar-refractivity contribution in [2.45, 2.75) is 56.3 Å². The minimum atomic E-state index is -0.335. The maximum Gasteiger partial charge on any atom is 0.251 e. The van der Waals surface area contributed by atoms with Crippen molar-refractivity contribution >= 4 is 0 Å². The molecule has 0 saturated heterocycles. The Kier molecular flexibility index (Phi) is 2.03. The van der Waals surface area contributed by atoms with Gasteiger partial charge in [-0.2, -0.15) is 0 Å². The molecular weight excluding hydrogens is 226 g/mol. The third kappa shape index (κ3) is 1.40. The van der Waals surface area contributed by atoms with E-state index in [0.29, 0.717) is 0 Å². The summed E-state index contributed by atoms with van der Waals surface area (Å²) in [5, 5.41) is 0. The Morgan fingerprint density at radius 2 is 1.61 bits per heavy atom. The Morgan fingerprint density at radius 1 is 0.889 bits per heavy atom. The van der Waals surface area contributed by atoms with E-state index in [9.17, 15) is 0 Å². The van der Waals surface area contributed by atoms with E-state index in [1.807, 2.05) is 6.07 Å². The summed E-state index contributed by atoms with van der Waals surface area (Å²) in [4.78, 5) is 0. The van der Waals surface area contributed by atoms with E-state index >= 15 is 0 Å². The minimum absolute atomic E-state index is 0.145. The van der Waals surface area contributed by atoms with Gasteiger partial charge in [-0.15, -0.1) is 0 Å². The quantitative estimate of drug-likeness (QED) is 0.827. The topological polar surface area (TPSA) is 44.5 Å². The second kappa shape index (κ2) is 3.41. The largest absolute Gasteiger partial charge is 0.448 e. The summed E-state index contributed by atoms with van der Waals surface area (Å²) >= 11 is 0. The molecule has 0 amide bonds. The Morgan fingerprint density at radius 3 is 2.28 bits per heavy atom. The van der Waals surface area contributed by atoms with Crippen LogP contribution in [0.5, 0.6) is 11.5 Å². The molecule has 2 saturated carbocycles. The van der Waals surface area contributed by atoms with Gasteiger partial charge in [0.2, 0.25) is 0 Å². The maximum absolute atomic E-state index is 6.49. The molecule has 3 aliphatic rings. The van der Waals surface area contributed by atoms with Crippen LogP contribution in [0.25, 0.3) is 0 Å². The van der Waals surface area contributed by atoms with E-state index in [-0.39, 0.29) is 11.3 Å². The number of benzene rings is 1. The van der Waals surface area contributed by atoms with Gasteiger partial charge in [-0.25, -0.2) is 0 Å². The molecule has 1 aromatic carbocycles. The number of ether oxygens (including phenoxy) is 2. The zero-order valence-corrected chi connectivity index (χ0v) is 10.6. The lowest BCUT2D eigenvalue weighted by molar-refractivity contribution is -0.138. The van der Waals surface area contributed by atoms with Gasteiger partial charge in [0.15, 0.2) is 11.5 Å². The van der Waals surface area contributed by atoms with Crippen molar-refractivity contribution in [2.75, 3.05) is 0 Å². The van der Waals surface area contributed by atoms with Gasteiger partial charge in [-0.3, -0.25) is 0 Å². The van der Waals surface area contributed by atoms with E-state index in [1.165, 1.54) is 24.8 Å². The van der Waals surface area contributed by atoms with Crippen molar-refractivity contribution in [1.82, 2.24) is 0 Å². The van der Waals surface area contributed by atoms with Crippen LogP contribution in [0.3, 0.4) is 0 Å². The molecule has 1 aromatic rings. The van der Waals surface area contributed by atoms with Crippen molar-refractivity contribution in [2.24, 2.45) is 5.73 Å². The highest BCUT2D eigenvalue weighted by Gasteiger charge is 2.47. The molecule has 18 heavy (non-hydrogen) atoms. The average molecular weight is 245 g/mol. The lowest BCUT2D eigenvalue weighted by Gasteiger charge is -2.35. The highest BCUT2D eigenvalue weighted by molar-refractivity contribution is 5.48. The first-order chi connectivity index (χ1) is 8.69. The molecule has 96 valence electrons. The van der Waals surface area contributed by atoms with Crippen LogP contribution in [-0.2, 0) is 5.54 Å². The molecule has 3 heteroatoms. The summed E-state index contributed by atoms with van der Waals surface area (Å²) < 4.78 is 11.9. The number of rotatable bonds is 1. The number of nitrogens with two attached hydrogens (primary N) is 1. The molecule has 4 rings (SSSR count). The maximum atomic E-state index is 6.49. The fourth-order valence-electron chi connectivity index (χ4n) is 3.37. The third-order valence-electron chi connectivity index (χ3n) is 4.72. The fourth-order valence-corrected chi connectivity index (χ4v) is 3.37. The van der Waals surface area contributed by atoms with Crippen molar-refractivity contribution in [3.8, 4) is 11.5 Å². The lowest BCUT2D eigenvalue weighted by atomic mass is 9.89. The molecule has 1 aliphatic heterocycles. The van der Waals surface area contributed by atoms with Crippen LogP contribution in [0.4, 0.5) is 0 Å². The Bertz CT molecular complexity index is 487. The molecule has 2 N–H and O–H groups in total. The lowest BCUT2D eigenvalue weighted by Crippen LogP contribution is -2.45. The van der Waals surface area contributed by atoms with Crippen LogP contribution in [-0.4, -0.2) is 5.79 Å². The van der Waals surface area contributed by atoms with Gasteiger partial charge in [0, 0.05) is 18.4 Å². The predicted molar refractivity (Wildman–Crippen MR) is 68.6 cm³/mol. The van der Waals surface area contributed by atoms with Crippen molar-refractivity contribution in [3.63, 3.8) is 0 Å². The number of hydrogen-bond donors (Lipinski definition) is 1. The smallest absolute Gasteiger partial charge is 0.251 e. The Hall–Kier alpha value is -1.22. The normalized spacial score (nSPS) is 26.3. The van der Waals surface area contributed by atoms with Crippen molar-refractivity contribution in [3.05, 3.63) is 23.8 Å². The molecule has 2 fully saturated rings. The van der Waals surface area contributed by atoms with E-state index in [0.717, 1.165) is 37.2 Å². The first kappa shape index (κ1) is 10.7. The summed E-state index contributed by atoms with van der Waals surface area (Å²) in [5.74, 6) is 1.45. The summed E-state index contributed by atoms with van der Waals surface area (Å²) in [6.45, 7) is 0. The third-order valence-corrected chi connectivity index (χ3v) is 4.72. The van der Waals surface area contributed by atoms with Crippen molar-refractivity contribution in [1.29, 1.82) is 0 Å². The number of fused-ring (bicyclic) bond motifs is 1. The monoisotopic (exact) mass is 245 g/mol. The van der Waals surface area contributed by atoms with Crippen molar-refractivity contribution < 1.29 is 9.47 Å². The first-order valence-corrected chi connectivity index (χ1v) is 7.01. The van der Waals surface area contributed by atoms with E-state index in [1.54, 1.807) is 0 Å². The van der Waals surface area contributed by atoms with E-state index in [4.69, 9.17) is 15.2 Å². The van der Waals surface area contributed by atoms with Gasteiger partial charge in [0.05, 0.1) is 0 Å². The average Bonchev–Trinajstić information content (AvgIpc) is 2.91. The molecule has 0 radical (unpaired) electrons. The summed E-state index contributed by atoms with van der Waals surface area (Å²) in [6.07, 6.45) is 7.83. The highest BCUT2D eigenvalue weighted by Crippen LogP contribution is 2.49. The van der Waals surface area contributed by atoms with Gasteiger partial charge < -0.3 is 15.2 Å². The minimum Gasteiger partial charge on any atom is -0.448 e. The van der Waals surface area contributed by atoms with E-state index < -0.39 is 0 Å². The molecule has 0 aromatic heterocycles. The predicted octanol–water partition coefficient (Wildman–Crippen LogP) is 3.07. The molecular formula is C15H19NO2. The number of hydrogen-bond acceptors (Lipinski definition) is 3. The second-order valence-corrected chi connectivity index (χ2v) is 5.99. The van der Waals surface area contributed by atoms with E-state index in [2.05, 4.69) is 12.1 Å². The second-order valence-electron chi connectivity index (χ2n) is 5.99. The zero-order valence-electron chi connectivity index (χ0n) is 10.6. The van der Waals surface area contributed by atoms with Gasteiger partial charge in [0.1, 0.15) is 0 Å². The first-order valence-electron chi connectivity index (χ1n) is 7.01. The highest BCUT2D eigenvalue weighted by atomic mass is 16.7. The zero-order chi connectivity index (χ0) is 12.2. The molecule has 1 heterocycles. The van der Waals surface area contributed by atoms with Gasteiger partial charge in [-0.1, -0.05) is 18.9 Å². The van der Waals surface area contributed by atoms with Gasteiger partial charge in [0.25, 0.3) is 5.79 Å². The standard InChI is InChI=1S/C15H19NO2/c16-14(6-1-2-7-14)11-4-5-12-13(10-11)18-15(17-12)8-3-9-15/h4-5,10H,1-3,6-9,16H2. The van der Waals surface area contributed by atoms with Gasteiger partial charge >= 0.3 is 0 Å². The van der Waals surface area contributed by atoms with Crippen LogP contribution in [0.15, 0.2) is 18.2 Å². The van der Waals surface area contributed by atoms with Crippen LogP contribution in [0.2, 0.25) is 0 Å². The van der Waals surface area contributed by atoms with Crippen LogP contribution in [0.1, 0.15) is 50.5 Å². The summed E-state index contributed by atoms with van der Waals surface area (Å²) in [7, 11) is 0. The summed E-state index contributed by atoms with van der Waals surface area (Å²) in [5.41, 5.74) is 7.55. The van der Waals surface area contributed by atoms with Crippen LogP contribution >= 0.6 is 0 Å². The van der Waals surface area contributed by atoms with Crippen LogP contribution in [0, 0.1) is 0 Å². The Balaban J connectivity index is 1.67. The molecule has 1 spiro atoms. The SMILES string of the molecule is NC1(c2ccc3c(c2)OC2(CCC2)O3)CCCC1. The summed E-state index contributed by atoms with van der Waals surface area (Å²) in [6, 6.07) is 6.25. The molecule has 2 aliphatic carbocycles. The van der Waals surface area contributed by atoms with Gasteiger partial charge in [-0.05, 0) is 37.0 Å². The molecule has 0 atom stereocenters. The molecule has 0 unspecified atom stereocenters. The van der Waals surface area contributed by atoms with Crippen LogP contribution < -0.4 is 15.2 Å². The molecule has 3 nitrogen and oxygen atoms in total. The molecule has 0 bridgehead atoms. The fraction of sp³-hybridized carbons (Fsp3) is 0.600.